The van der Waals surface area contributed by atoms with E-state index in [2.05, 4.69) is 16.8 Å². The first-order valence-electron chi connectivity index (χ1n) is 10.0. The van der Waals surface area contributed by atoms with E-state index in [4.69, 9.17) is 4.74 Å². The normalized spacial score (nSPS) is 29.2. The maximum atomic E-state index is 14.0. The first-order chi connectivity index (χ1) is 12.5. The summed E-state index contributed by atoms with van der Waals surface area (Å²) in [6.07, 6.45) is 6.08. The maximum Gasteiger partial charge on any atom is 0.125 e. The van der Waals surface area contributed by atoms with Crippen molar-refractivity contribution in [1.29, 1.82) is 0 Å². The first kappa shape index (κ1) is 19.6. The van der Waals surface area contributed by atoms with Gasteiger partial charge in [0.2, 0.25) is 0 Å². The van der Waals surface area contributed by atoms with E-state index >= 15 is 0 Å². The highest BCUT2D eigenvalue weighted by atomic mass is 19.1. The predicted molar refractivity (Wildman–Crippen MR) is 102 cm³/mol. The van der Waals surface area contributed by atoms with Crippen molar-refractivity contribution in [2.45, 2.75) is 44.1 Å². The van der Waals surface area contributed by atoms with Gasteiger partial charge >= 0.3 is 0 Å². The van der Waals surface area contributed by atoms with Crippen molar-refractivity contribution in [1.82, 2.24) is 9.80 Å². The van der Waals surface area contributed by atoms with Gasteiger partial charge in [0, 0.05) is 44.2 Å². The van der Waals surface area contributed by atoms with E-state index in [1.165, 1.54) is 18.6 Å². The fourth-order valence-corrected chi connectivity index (χ4v) is 4.54. The highest BCUT2D eigenvalue weighted by Crippen LogP contribution is 2.44. The highest BCUT2D eigenvalue weighted by molar-refractivity contribution is 5.39. The summed E-state index contributed by atoms with van der Waals surface area (Å²) in [7, 11) is 3.75. The Hall–Kier alpha value is -1.17. The fourth-order valence-electron chi connectivity index (χ4n) is 4.54. The van der Waals surface area contributed by atoms with Crippen LogP contribution in [-0.2, 0) is 5.60 Å². The van der Waals surface area contributed by atoms with Gasteiger partial charge in [0.05, 0.1) is 12.7 Å². The molecule has 2 unspecified atom stereocenters. The number of aliphatic hydroxyl groups is 1. The van der Waals surface area contributed by atoms with Gasteiger partial charge in [-0.2, -0.15) is 0 Å². The number of hydrogen-bond acceptors (Lipinski definition) is 4. The lowest BCUT2D eigenvalue weighted by Gasteiger charge is -2.43. The number of nitrogens with zero attached hydrogens (tertiary/aromatic N) is 2. The van der Waals surface area contributed by atoms with Gasteiger partial charge in [0.25, 0.3) is 0 Å². The Morgan fingerprint density at radius 3 is 2.62 bits per heavy atom. The van der Waals surface area contributed by atoms with Gasteiger partial charge in [-0.25, -0.2) is 4.39 Å². The second-order valence-electron chi connectivity index (χ2n) is 8.02. The van der Waals surface area contributed by atoms with Crippen LogP contribution in [0.3, 0.4) is 0 Å². The smallest absolute Gasteiger partial charge is 0.125 e. The number of methoxy groups -OCH3 is 1. The molecule has 1 saturated heterocycles. The van der Waals surface area contributed by atoms with E-state index in [9.17, 15) is 9.50 Å². The molecule has 146 valence electrons. The van der Waals surface area contributed by atoms with Gasteiger partial charge in [0.1, 0.15) is 11.6 Å². The van der Waals surface area contributed by atoms with Crippen LogP contribution in [0.2, 0.25) is 0 Å². The zero-order chi connectivity index (χ0) is 18.6. The minimum atomic E-state index is -1.03. The Morgan fingerprint density at radius 1 is 1.15 bits per heavy atom. The minimum Gasteiger partial charge on any atom is -0.496 e. The lowest BCUT2D eigenvalue weighted by molar-refractivity contribution is -0.0589. The second-order valence-corrected chi connectivity index (χ2v) is 8.02. The van der Waals surface area contributed by atoms with Gasteiger partial charge in [-0.05, 0) is 38.1 Å². The molecule has 26 heavy (non-hydrogen) atoms. The topological polar surface area (TPSA) is 35.9 Å². The number of rotatable bonds is 4. The molecule has 0 bridgehead atoms. The van der Waals surface area contributed by atoms with Crippen LogP contribution < -0.4 is 4.74 Å². The van der Waals surface area contributed by atoms with Crippen molar-refractivity contribution in [3.05, 3.63) is 29.6 Å². The third kappa shape index (κ3) is 4.38. The SMILES string of the molecule is COc1ccc(F)cc1C1(O)CCCCCCC1CN1CCN(C)CC1. The Bertz CT molecular complexity index is 589. The molecule has 1 N–H and O–H groups in total. The summed E-state index contributed by atoms with van der Waals surface area (Å²) in [6.45, 7) is 5.06. The molecule has 1 heterocycles. The summed E-state index contributed by atoms with van der Waals surface area (Å²) in [4.78, 5) is 4.81. The average molecular weight is 365 g/mol. The number of benzene rings is 1. The zero-order valence-corrected chi connectivity index (χ0v) is 16.2. The average Bonchev–Trinajstić information content (AvgIpc) is 2.63. The summed E-state index contributed by atoms with van der Waals surface area (Å²) in [6, 6.07) is 4.54. The molecule has 2 fully saturated rings. The molecule has 0 amide bonds. The summed E-state index contributed by atoms with van der Waals surface area (Å²) in [5.74, 6) is 0.384. The molecule has 1 saturated carbocycles. The predicted octanol–water partition coefficient (Wildman–Crippen LogP) is 3.24. The highest BCUT2D eigenvalue weighted by Gasteiger charge is 2.41. The lowest BCUT2D eigenvalue weighted by atomic mass is 9.73. The molecule has 0 radical (unpaired) electrons. The van der Waals surface area contributed by atoms with Crippen molar-refractivity contribution in [2.24, 2.45) is 5.92 Å². The molecule has 1 aliphatic heterocycles. The zero-order valence-electron chi connectivity index (χ0n) is 16.2. The molecule has 5 heteroatoms. The van der Waals surface area contributed by atoms with Crippen molar-refractivity contribution in [3.8, 4) is 5.75 Å². The molecular weight excluding hydrogens is 331 g/mol. The fraction of sp³-hybridized carbons (Fsp3) is 0.714. The van der Waals surface area contributed by atoms with Crippen LogP contribution in [0.1, 0.15) is 44.1 Å². The molecule has 1 aromatic rings. The molecule has 2 aliphatic rings. The Balaban J connectivity index is 1.89. The summed E-state index contributed by atoms with van der Waals surface area (Å²) in [5, 5.41) is 11.8. The van der Waals surface area contributed by atoms with Crippen molar-refractivity contribution in [3.63, 3.8) is 0 Å². The summed E-state index contributed by atoms with van der Waals surface area (Å²) < 4.78 is 19.5. The van der Waals surface area contributed by atoms with Crippen LogP contribution in [0.4, 0.5) is 4.39 Å². The van der Waals surface area contributed by atoms with Crippen LogP contribution >= 0.6 is 0 Å². The standard InChI is InChI=1S/C21H33FN2O2/c1-23-11-13-24(14-12-23)16-17-7-5-3-4-6-10-21(17,25)19-15-18(22)8-9-20(19)26-2/h8-9,15,17,25H,3-7,10-14,16H2,1-2H3. The van der Waals surface area contributed by atoms with Crippen LogP contribution in [0.5, 0.6) is 5.75 Å². The molecule has 1 aromatic carbocycles. The molecular formula is C21H33FN2O2. The van der Waals surface area contributed by atoms with Gasteiger partial charge in [-0.15, -0.1) is 0 Å². The van der Waals surface area contributed by atoms with E-state index < -0.39 is 5.60 Å². The van der Waals surface area contributed by atoms with Crippen molar-refractivity contribution in [2.75, 3.05) is 46.9 Å². The number of hydrogen-bond donors (Lipinski definition) is 1. The minimum absolute atomic E-state index is 0.0990. The van der Waals surface area contributed by atoms with Gasteiger partial charge < -0.3 is 19.6 Å². The van der Waals surface area contributed by atoms with Crippen LogP contribution in [0.15, 0.2) is 18.2 Å². The molecule has 2 atom stereocenters. The molecule has 0 spiro atoms. The van der Waals surface area contributed by atoms with Crippen LogP contribution in [0.25, 0.3) is 0 Å². The number of halogens is 1. The molecule has 4 nitrogen and oxygen atoms in total. The number of likely N-dealkylation sites (N-methyl/N-ethyl adjacent to an activating group) is 1. The monoisotopic (exact) mass is 364 g/mol. The Kier molecular flexibility index (Phi) is 6.54. The third-order valence-corrected chi connectivity index (χ3v) is 6.24. The number of piperazine rings is 1. The van der Waals surface area contributed by atoms with E-state index in [1.807, 2.05) is 0 Å². The van der Waals surface area contributed by atoms with E-state index in [1.54, 1.807) is 13.2 Å². The van der Waals surface area contributed by atoms with Crippen LogP contribution in [-0.4, -0.2) is 61.8 Å². The largest absolute Gasteiger partial charge is 0.496 e. The van der Waals surface area contributed by atoms with Gasteiger partial charge in [-0.3, -0.25) is 0 Å². The van der Waals surface area contributed by atoms with E-state index in [-0.39, 0.29) is 11.7 Å². The summed E-state index contributed by atoms with van der Waals surface area (Å²) >= 11 is 0. The van der Waals surface area contributed by atoms with Gasteiger partial charge in [0.15, 0.2) is 0 Å². The first-order valence-corrected chi connectivity index (χ1v) is 10.0. The quantitative estimate of drug-likeness (QED) is 0.890. The Morgan fingerprint density at radius 2 is 1.88 bits per heavy atom. The Labute approximate surface area is 156 Å². The van der Waals surface area contributed by atoms with Crippen molar-refractivity contribution < 1.29 is 14.2 Å². The van der Waals surface area contributed by atoms with E-state index in [0.29, 0.717) is 17.7 Å². The molecule has 1 aliphatic carbocycles. The van der Waals surface area contributed by atoms with Gasteiger partial charge in [-0.1, -0.05) is 25.7 Å². The van der Waals surface area contributed by atoms with E-state index in [0.717, 1.165) is 58.4 Å². The van der Waals surface area contributed by atoms with Crippen molar-refractivity contribution >= 4 is 0 Å². The number of ether oxygens (including phenoxy) is 1. The summed E-state index contributed by atoms with van der Waals surface area (Å²) in [5.41, 5.74) is -0.405. The van der Waals surface area contributed by atoms with Crippen LogP contribution in [0, 0.1) is 11.7 Å². The second kappa shape index (κ2) is 8.68. The third-order valence-electron chi connectivity index (χ3n) is 6.24. The maximum absolute atomic E-state index is 14.0. The molecule has 0 aromatic heterocycles. The lowest BCUT2D eigenvalue weighted by Crippen LogP contribution is -2.49. The molecule has 3 rings (SSSR count).